The molecule has 2 aromatic carbocycles. The average molecular weight is 379 g/mol. The van der Waals surface area contributed by atoms with Crippen molar-refractivity contribution in [1.29, 1.82) is 0 Å². The largest absolute Gasteiger partial charge is 0.416 e. The minimum Gasteiger partial charge on any atom is -0.376 e. The lowest BCUT2D eigenvalue weighted by atomic mass is 10.2. The summed E-state index contributed by atoms with van der Waals surface area (Å²) in [4.78, 5) is 23.6. The molecule has 0 radical (unpaired) electrons. The smallest absolute Gasteiger partial charge is 0.376 e. The zero-order valence-electron chi connectivity index (χ0n) is 14.9. The Kier molecular flexibility index (Phi) is 6.44. The third kappa shape index (κ3) is 6.32. The Balaban J connectivity index is 1.88. The van der Waals surface area contributed by atoms with Crippen molar-refractivity contribution in [3.63, 3.8) is 0 Å². The van der Waals surface area contributed by atoms with Crippen LogP contribution in [0.15, 0.2) is 48.5 Å². The molecule has 8 heteroatoms. The first-order valence-electron chi connectivity index (χ1n) is 8.27. The van der Waals surface area contributed by atoms with Gasteiger partial charge in [0.15, 0.2) is 0 Å². The molecule has 144 valence electrons. The van der Waals surface area contributed by atoms with Crippen molar-refractivity contribution in [1.82, 2.24) is 0 Å². The fourth-order valence-corrected chi connectivity index (χ4v) is 2.12. The summed E-state index contributed by atoms with van der Waals surface area (Å²) in [5.41, 5.74) is 0.529. The number of benzene rings is 2. The summed E-state index contributed by atoms with van der Waals surface area (Å²) in [5, 5.41) is 8.01. The summed E-state index contributed by atoms with van der Waals surface area (Å²) in [6.45, 7) is 3.37. The first kappa shape index (κ1) is 20.3. The maximum Gasteiger partial charge on any atom is 0.416 e. The van der Waals surface area contributed by atoms with E-state index >= 15 is 0 Å². The maximum atomic E-state index is 12.7. The van der Waals surface area contributed by atoms with Crippen molar-refractivity contribution in [2.75, 3.05) is 22.5 Å². The predicted molar refractivity (Wildman–Crippen MR) is 98.5 cm³/mol. The van der Waals surface area contributed by atoms with E-state index in [0.717, 1.165) is 12.1 Å². The Hall–Kier alpha value is -3.03. The minimum absolute atomic E-state index is 0.114. The number of nitrogens with one attached hydrogen (secondary N) is 3. The van der Waals surface area contributed by atoms with Crippen LogP contribution in [0, 0.1) is 5.92 Å². The highest BCUT2D eigenvalue weighted by atomic mass is 19.4. The number of carbonyl (C=O) groups excluding carboxylic acids is 2. The summed E-state index contributed by atoms with van der Waals surface area (Å²) in [5.74, 6) is -0.672. The normalized spacial score (nSPS) is 11.2. The van der Waals surface area contributed by atoms with E-state index in [9.17, 15) is 22.8 Å². The van der Waals surface area contributed by atoms with Crippen LogP contribution in [0.25, 0.3) is 0 Å². The van der Waals surface area contributed by atoms with Crippen molar-refractivity contribution >= 4 is 28.9 Å². The zero-order chi connectivity index (χ0) is 20.0. The molecular formula is C19H20F3N3O2. The van der Waals surface area contributed by atoms with Crippen molar-refractivity contribution in [2.24, 2.45) is 5.92 Å². The van der Waals surface area contributed by atoms with Crippen LogP contribution in [0.5, 0.6) is 0 Å². The standard InChI is InChI=1S/C19H20F3N3O2/c1-12(2)18(27)25-15-8-6-14(7-9-15)24-17(26)11-23-16-5-3-4-13(10-16)19(20,21)22/h3-10,12,23H,11H2,1-2H3,(H,24,26)(H,25,27). The van der Waals surface area contributed by atoms with Crippen LogP contribution >= 0.6 is 0 Å². The van der Waals surface area contributed by atoms with Crippen LogP contribution in [0.2, 0.25) is 0 Å². The first-order valence-corrected chi connectivity index (χ1v) is 8.27. The summed E-state index contributed by atoms with van der Waals surface area (Å²) >= 11 is 0. The molecule has 0 saturated carbocycles. The van der Waals surface area contributed by atoms with E-state index in [4.69, 9.17) is 0 Å². The fourth-order valence-electron chi connectivity index (χ4n) is 2.12. The molecule has 0 bridgehead atoms. The van der Waals surface area contributed by atoms with Crippen LogP contribution < -0.4 is 16.0 Å². The molecule has 0 aromatic heterocycles. The Labute approximate surface area is 155 Å². The number of amides is 2. The highest BCUT2D eigenvalue weighted by Gasteiger charge is 2.30. The summed E-state index contributed by atoms with van der Waals surface area (Å²) in [7, 11) is 0. The van der Waals surface area contributed by atoms with Gasteiger partial charge in [0.2, 0.25) is 11.8 Å². The summed E-state index contributed by atoms with van der Waals surface area (Å²) < 4.78 is 38.0. The van der Waals surface area contributed by atoms with Crippen LogP contribution in [-0.4, -0.2) is 18.4 Å². The van der Waals surface area contributed by atoms with E-state index in [0.29, 0.717) is 11.4 Å². The van der Waals surface area contributed by atoms with Crippen LogP contribution in [0.3, 0.4) is 0 Å². The van der Waals surface area contributed by atoms with Gasteiger partial charge in [-0.1, -0.05) is 19.9 Å². The van der Waals surface area contributed by atoms with Gasteiger partial charge in [-0.3, -0.25) is 9.59 Å². The van der Waals surface area contributed by atoms with Crippen molar-refractivity contribution in [3.8, 4) is 0 Å². The average Bonchev–Trinajstić information content (AvgIpc) is 2.61. The number of halogens is 3. The molecule has 27 heavy (non-hydrogen) atoms. The Morgan fingerprint density at radius 3 is 2.07 bits per heavy atom. The molecule has 0 saturated heterocycles. The minimum atomic E-state index is -4.44. The number of hydrogen-bond acceptors (Lipinski definition) is 3. The van der Waals surface area contributed by atoms with Crippen LogP contribution in [-0.2, 0) is 15.8 Å². The molecule has 0 fully saturated rings. The van der Waals surface area contributed by atoms with E-state index in [2.05, 4.69) is 16.0 Å². The number of rotatable bonds is 6. The van der Waals surface area contributed by atoms with Crippen LogP contribution in [0.1, 0.15) is 19.4 Å². The second-order valence-corrected chi connectivity index (χ2v) is 6.20. The van der Waals surface area contributed by atoms with E-state index in [1.807, 2.05) is 0 Å². The highest BCUT2D eigenvalue weighted by molar-refractivity contribution is 5.95. The number of anilines is 3. The molecule has 0 aliphatic heterocycles. The van der Waals surface area contributed by atoms with Gasteiger partial charge in [-0.15, -0.1) is 0 Å². The maximum absolute atomic E-state index is 12.7. The van der Waals surface area contributed by atoms with Crippen molar-refractivity contribution in [3.05, 3.63) is 54.1 Å². The molecule has 0 spiro atoms. The van der Waals surface area contributed by atoms with Gasteiger partial charge in [0.25, 0.3) is 0 Å². The molecule has 0 aliphatic rings. The van der Waals surface area contributed by atoms with Gasteiger partial charge < -0.3 is 16.0 Å². The Morgan fingerprint density at radius 1 is 0.926 bits per heavy atom. The molecule has 2 rings (SSSR count). The van der Waals surface area contributed by atoms with Gasteiger partial charge in [-0.2, -0.15) is 13.2 Å². The lowest BCUT2D eigenvalue weighted by molar-refractivity contribution is -0.137. The van der Waals surface area contributed by atoms with Gasteiger partial charge in [0.1, 0.15) is 0 Å². The Bertz CT molecular complexity index is 803. The summed E-state index contributed by atoms with van der Waals surface area (Å²) in [6, 6.07) is 11.2. The first-order chi connectivity index (χ1) is 12.6. The monoisotopic (exact) mass is 379 g/mol. The van der Waals surface area contributed by atoms with E-state index < -0.39 is 17.6 Å². The van der Waals surface area contributed by atoms with E-state index in [1.165, 1.54) is 12.1 Å². The van der Waals surface area contributed by atoms with Gasteiger partial charge in [0.05, 0.1) is 12.1 Å². The van der Waals surface area contributed by atoms with Crippen LogP contribution in [0.4, 0.5) is 30.2 Å². The second kappa shape index (κ2) is 8.57. The lowest BCUT2D eigenvalue weighted by Crippen LogP contribution is -2.22. The fraction of sp³-hybridized carbons (Fsp3) is 0.263. The lowest BCUT2D eigenvalue weighted by Gasteiger charge is -2.11. The SMILES string of the molecule is CC(C)C(=O)Nc1ccc(NC(=O)CNc2cccc(C(F)(F)F)c2)cc1. The zero-order valence-corrected chi connectivity index (χ0v) is 14.9. The van der Waals surface area contributed by atoms with Gasteiger partial charge in [0, 0.05) is 23.0 Å². The van der Waals surface area contributed by atoms with E-state index in [1.54, 1.807) is 38.1 Å². The number of alkyl halides is 3. The topological polar surface area (TPSA) is 70.2 Å². The van der Waals surface area contributed by atoms with Crippen molar-refractivity contribution in [2.45, 2.75) is 20.0 Å². The highest BCUT2D eigenvalue weighted by Crippen LogP contribution is 2.30. The van der Waals surface area contributed by atoms with Gasteiger partial charge >= 0.3 is 6.18 Å². The number of carbonyl (C=O) groups is 2. The number of hydrogen-bond donors (Lipinski definition) is 3. The Morgan fingerprint density at radius 2 is 1.52 bits per heavy atom. The van der Waals surface area contributed by atoms with Crippen molar-refractivity contribution < 1.29 is 22.8 Å². The quantitative estimate of drug-likeness (QED) is 0.699. The molecule has 0 aliphatic carbocycles. The molecular weight excluding hydrogens is 359 g/mol. The third-order valence-corrected chi connectivity index (χ3v) is 3.60. The molecule has 2 amide bonds. The summed E-state index contributed by atoms with van der Waals surface area (Å²) in [6.07, 6.45) is -4.44. The predicted octanol–water partition coefficient (Wildman–Crippen LogP) is 4.35. The van der Waals surface area contributed by atoms with Gasteiger partial charge in [-0.25, -0.2) is 0 Å². The molecule has 0 unspecified atom stereocenters. The molecule has 0 atom stereocenters. The second-order valence-electron chi connectivity index (χ2n) is 6.20. The molecule has 2 aromatic rings. The molecule has 3 N–H and O–H groups in total. The van der Waals surface area contributed by atoms with E-state index in [-0.39, 0.29) is 24.1 Å². The van der Waals surface area contributed by atoms with Gasteiger partial charge in [-0.05, 0) is 42.5 Å². The molecule has 5 nitrogen and oxygen atoms in total. The third-order valence-electron chi connectivity index (χ3n) is 3.60. The molecule has 0 heterocycles.